The van der Waals surface area contributed by atoms with Crippen LogP contribution < -0.4 is 5.32 Å². The lowest BCUT2D eigenvalue weighted by Gasteiger charge is -2.41. The summed E-state index contributed by atoms with van der Waals surface area (Å²) in [7, 11) is 0. The van der Waals surface area contributed by atoms with E-state index in [4.69, 9.17) is 14.2 Å². The number of nitrogens with one attached hydrogen (secondary N) is 1. The molecule has 1 aliphatic rings. The molecule has 0 aromatic heterocycles. The highest BCUT2D eigenvalue weighted by Gasteiger charge is 2.47. The van der Waals surface area contributed by atoms with E-state index in [1.54, 1.807) is 6.08 Å². The minimum atomic E-state index is -1.63. The third kappa shape index (κ3) is 53.1. The van der Waals surface area contributed by atoms with Crippen LogP contribution in [0.5, 0.6) is 0 Å². The number of hydrogen-bond donors (Lipinski definition) is 6. The molecule has 11 nitrogen and oxygen atoms in total. The monoisotopic (exact) mass is 1270 g/mol. The van der Waals surface area contributed by atoms with Crippen LogP contribution in [0.3, 0.4) is 0 Å². The van der Waals surface area contributed by atoms with Crippen molar-refractivity contribution in [1.82, 2.24) is 5.32 Å². The summed E-state index contributed by atoms with van der Waals surface area (Å²) < 4.78 is 17.7. The van der Waals surface area contributed by atoms with Gasteiger partial charge in [0, 0.05) is 6.42 Å². The van der Waals surface area contributed by atoms with Crippen molar-refractivity contribution in [2.75, 3.05) is 13.2 Å². The van der Waals surface area contributed by atoms with E-state index >= 15 is 0 Å². The van der Waals surface area contributed by atoms with Gasteiger partial charge in [-0.1, -0.05) is 309 Å². The smallest absolute Gasteiger partial charge is 0.306 e. The van der Waals surface area contributed by atoms with Crippen LogP contribution in [0.1, 0.15) is 310 Å². The topological polar surface area (TPSA) is 175 Å². The van der Waals surface area contributed by atoms with E-state index in [0.717, 1.165) is 141 Å². The van der Waals surface area contributed by atoms with Crippen molar-refractivity contribution in [1.29, 1.82) is 0 Å². The lowest BCUT2D eigenvalue weighted by atomic mass is 9.99. The number of aliphatic hydroxyl groups is 5. The molecular formula is C80H137NO10. The maximum absolute atomic E-state index is 13.5. The summed E-state index contributed by atoms with van der Waals surface area (Å²) in [5, 5.41) is 57.4. The molecule has 0 aromatic rings. The lowest BCUT2D eigenvalue weighted by Crippen LogP contribution is -2.61. The second-order valence-electron chi connectivity index (χ2n) is 25.3. The van der Waals surface area contributed by atoms with Gasteiger partial charge in [-0.25, -0.2) is 0 Å². The van der Waals surface area contributed by atoms with Gasteiger partial charge < -0.3 is 45.1 Å². The highest BCUT2D eigenvalue weighted by Crippen LogP contribution is 2.26. The third-order valence-corrected chi connectivity index (χ3v) is 16.8. The molecule has 11 heteroatoms. The Bertz CT molecular complexity index is 1950. The Morgan fingerprint density at radius 1 is 0.440 bits per heavy atom. The van der Waals surface area contributed by atoms with Gasteiger partial charge in [0.15, 0.2) is 12.4 Å². The molecule has 1 heterocycles. The molecule has 0 saturated carbocycles. The average molecular weight is 1270 g/mol. The molecule has 0 bridgehead atoms. The predicted octanol–water partition coefficient (Wildman–Crippen LogP) is 19.7. The Hall–Kier alpha value is -3.94. The summed E-state index contributed by atoms with van der Waals surface area (Å²) >= 11 is 0. The molecule has 1 aliphatic heterocycles. The van der Waals surface area contributed by atoms with Gasteiger partial charge in [-0.2, -0.15) is 0 Å². The number of aliphatic hydroxyl groups excluding tert-OH is 5. The number of carbonyl (C=O) groups excluding carboxylic acids is 2. The second kappa shape index (κ2) is 66.1. The van der Waals surface area contributed by atoms with Gasteiger partial charge >= 0.3 is 5.97 Å². The molecular weight excluding hydrogens is 1130 g/mol. The minimum Gasteiger partial charge on any atom is -0.454 e. The number of unbranched alkanes of at least 4 members (excludes halogenated alkanes) is 31. The quantitative estimate of drug-likeness (QED) is 0.0195. The van der Waals surface area contributed by atoms with Gasteiger partial charge in [-0.15, -0.1) is 0 Å². The zero-order valence-corrected chi connectivity index (χ0v) is 58.2. The Labute approximate surface area is 557 Å². The van der Waals surface area contributed by atoms with E-state index in [-0.39, 0.29) is 19.4 Å². The van der Waals surface area contributed by atoms with Crippen LogP contribution in [0.2, 0.25) is 0 Å². The van der Waals surface area contributed by atoms with Gasteiger partial charge in [0.1, 0.15) is 24.4 Å². The van der Waals surface area contributed by atoms with Crippen molar-refractivity contribution in [3.8, 4) is 0 Å². The normalized spacial score (nSPS) is 18.7. The molecule has 0 aliphatic carbocycles. The van der Waals surface area contributed by atoms with E-state index in [2.05, 4.69) is 135 Å². The number of carbonyl (C=O) groups is 2. The Morgan fingerprint density at radius 3 is 1.21 bits per heavy atom. The molecule has 1 rings (SSSR count). The first-order valence-corrected chi connectivity index (χ1v) is 37.3. The van der Waals surface area contributed by atoms with Crippen LogP contribution >= 0.6 is 0 Å². The molecule has 1 amide bonds. The van der Waals surface area contributed by atoms with Crippen LogP contribution in [-0.2, 0) is 23.8 Å². The van der Waals surface area contributed by atoms with Crippen molar-refractivity contribution in [2.45, 2.75) is 359 Å². The fourth-order valence-corrected chi connectivity index (χ4v) is 11.0. The number of amides is 1. The third-order valence-electron chi connectivity index (χ3n) is 16.8. The van der Waals surface area contributed by atoms with E-state index in [0.29, 0.717) is 12.8 Å². The molecule has 522 valence electrons. The largest absolute Gasteiger partial charge is 0.454 e. The SMILES string of the molecule is CC/C=C\C/C=C\C/C=C\C/C=C\C/C=C\CCCCCCCCCCCCC(O)C(=O)NC(COC1OC(CO)C(O)C(O)C1OC(=O)CCCCCCCCC/C=C\C/C=C\C/C=C\C/C=C\CCCCC)C(O)/C=C/CCCCCCCCCCCCC. The Balaban J connectivity index is 2.58. The van der Waals surface area contributed by atoms with Crippen molar-refractivity contribution in [2.24, 2.45) is 0 Å². The summed E-state index contributed by atoms with van der Waals surface area (Å²) in [5.41, 5.74) is 0. The molecule has 8 atom stereocenters. The summed E-state index contributed by atoms with van der Waals surface area (Å²) in [4.78, 5) is 26.7. The average Bonchev–Trinajstić information content (AvgIpc) is 0.969. The maximum Gasteiger partial charge on any atom is 0.306 e. The molecule has 91 heavy (non-hydrogen) atoms. The first-order chi connectivity index (χ1) is 44.7. The van der Waals surface area contributed by atoms with Gasteiger partial charge in [-0.3, -0.25) is 9.59 Å². The standard InChI is InChI=1S/C80H137NO10/c1-4-7-10-13-16-19-22-25-27-29-31-33-35-36-37-39-40-42-44-46-49-52-55-58-61-64-67-73(84)79(88)81-71(72(83)66-63-60-57-54-51-48-24-21-18-15-12-9-6-3)70-89-80-78(77(87)76(86)74(69-82)90-80)91-75(85)68-65-62-59-56-53-50-47-45-43-41-38-34-32-30-28-26-23-20-17-14-11-8-5-2/h7,10,16-17,19-20,25-28,31-34,36-37,41,43,63,66,71-74,76-78,80,82-84,86-87H,4-6,8-9,11-15,18,21-24,29-30,35,38-40,42,44-62,64-65,67-70H2,1-3H3,(H,81,88)/b10-7-,19-16-,20-17-,27-25-,28-26-,33-31-,34-32-,37-36-,43-41-,66-63+. The summed E-state index contributed by atoms with van der Waals surface area (Å²) in [6.07, 6.45) is 82.2. The zero-order chi connectivity index (χ0) is 66.0. The second-order valence-corrected chi connectivity index (χ2v) is 25.3. The van der Waals surface area contributed by atoms with Crippen molar-refractivity contribution >= 4 is 11.9 Å². The number of hydrogen-bond acceptors (Lipinski definition) is 10. The first kappa shape index (κ1) is 85.1. The van der Waals surface area contributed by atoms with Crippen LogP contribution in [0, 0.1) is 0 Å². The van der Waals surface area contributed by atoms with Gasteiger partial charge in [0.05, 0.1) is 25.4 Å². The van der Waals surface area contributed by atoms with Crippen LogP contribution in [0.25, 0.3) is 0 Å². The highest BCUT2D eigenvalue weighted by molar-refractivity contribution is 5.80. The Kier molecular flexibility index (Phi) is 61.8. The van der Waals surface area contributed by atoms with E-state index < -0.39 is 67.4 Å². The fraction of sp³-hybridized carbons (Fsp3) is 0.725. The van der Waals surface area contributed by atoms with Gasteiger partial charge in [-0.05, 0) is 116 Å². The van der Waals surface area contributed by atoms with Crippen molar-refractivity contribution in [3.05, 3.63) is 122 Å². The zero-order valence-electron chi connectivity index (χ0n) is 58.2. The highest BCUT2D eigenvalue weighted by atomic mass is 16.7. The Morgan fingerprint density at radius 2 is 0.791 bits per heavy atom. The molecule has 6 N–H and O–H groups in total. The summed E-state index contributed by atoms with van der Waals surface area (Å²) in [6, 6.07) is -1.04. The number of rotatable bonds is 63. The molecule has 0 spiro atoms. The van der Waals surface area contributed by atoms with Gasteiger partial charge in [0.2, 0.25) is 5.91 Å². The summed E-state index contributed by atoms with van der Waals surface area (Å²) in [5.74, 6) is -1.21. The van der Waals surface area contributed by atoms with Crippen LogP contribution in [0.15, 0.2) is 122 Å². The van der Waals surface area contributed by atoms with Gasteiger partial charge in [0.25, 0.3) is 0 Å². The van der Waals surface area contributed by atoms with E-state index in [1.807, 2.05) is 6.08 Å². The number of esters is 1. The molecule has 8 unspecified atom stereocenters. The molecule has 0 aromatic carbocycles. The molecule has 1 fully saturated rings. The molecule has 0 radical (unpaired) electrons. The number of allylic oxidation sites excluding steroid dienone is 19. The number of ether oxygens (including phenoxy) is 3. The first-order valence-electron chi connectivity index (χ1n) is 37.3. The van der Waals surface area contributed by atoms with Crippen molar-refractivity contribution in [3.63, 3.8) is 0 Å². The van der Waals surface area contributed by atoms with E-state index in [1.165, 1.54) is 122 Å². The molecule has 1 saturated heterocycles. The minimum absolute atomic E-state index is 0.106. The lowest BCUT2D eigenvalue weighted by molar-refractivity contribution is -0.305. The maximum atomic E-state index is 13.5. The van der Waals surface area contributed by atoms with Crippen molar-refractivity contribution < 1.29 is 49.3 Å². The fourth-order valence-electron chi connectivity index (χ4n) is 11.0. The summed E-state index contributed by atoms with van der Waals surface area (Å²) in [6.45, 7) is 5.67. The predicted molar refractivity (Wildman–Crippen MR) is 384 cm³/mol. The van der Waals surface area contributed by atoms with E-state index in [9.17, 15) is 35.1 Å². The van der Waals surface area contributed by atoms with Crippen LogP contribution in [0.4, 0.5) is 0 Å². The van der Waals surface area contributed by atoms with Crippen LogP contribution in [-0.4, -0.2) is 99.6 Å².